The molecule has 6 heteroatoms. The lowest BCUT2D eigenvalue weighted by Gasteiger charge is -2.38. The summed E-state index contributed by atoms with van der Waals surface area (Å²) in [5.74, 6) is 0.00496. The molecule has 154 valence electrons. The van der Waals surface area contributed by atoms with E-state index in [4.69, 9.17) is 0 Å². The number of aromatic hydroxyl groups is 1. The molecule has 0 radical (unpaired) electrons. The maximum absolute atomic E-state index is 13.7. The van der Waals surface area contributed by atoms with Crippen LogP contribution in [0.4, 0.5) is 4.39 Å². The Bertz CT molecular complexity index is 866. The Hall–Kier alpha value is -2.44. The van der Waals surface area contributed by atoms with Gasteiger partial charge in [0.2, 0.25) is 5.91 Å². The van der Waals surface area contributed by atoms with Gasteiger partial charge in [-0.1, -0.05) is 18.2 Å². The van der Waals surface area contributed by atoms with Crippen molar-refractivity contribution in [1.82, 2.24) is 9.80 Å². The number of nitrogens with zero attached hydrogens (tertiary/aromatic N) is 2. The fraction of sp³-hybridized carbons (Fsp3) is 0.435. The van der Waals surface area contributed by atoms with Gasteiger partial charge >= 0.3 is 0 Å². The summed E-state index contributed by atoms with van der Waals surface area (Å²) in [7, 11) is 0. The van der Waals surface area contributed by atoms with Crippen LogP contribution in [-0.2, 0) is 11.3 Å². The number of aryl methyl sites for hydroxylation is 1. The van der Waals surface area contributed by atoms with Crippen LogP contribution in [0.25, 0.3) is 0 Å². The van der Waals surface area contributed by atoms with Crippen LogP contribution in [0.5, 0.6) is 5.75 Å². The first-order valence-electron chi connectivity index (χ1n) is 10.2. The number of aliphatic hydroxyl groups excluding tert-OH is 1. The van der Waals surface area contributed by atoms with E-state index in [1.165, 1.54) is 12.1 Å². The van der Waals surface area contributed by atoms with Crippen molar-refractivity contribution in [3.8, 4) is 5.75 Å². The van der Waals surface area contributed by atoms with Crippen molar-refractivity contribution in [2.24, 2.45) is 0 Å². The molecule has 2 heterocycles. The van der Waals surface area contributed by atoms with Gasteiger partial charge in [0.05, 0.1) is 12.1 Å². The van der Waals surface area contributed by atoms with Crippen molar-refractivity contribution in [3.05, 3.63) is 65.0 Å². The first-order chi connectivity index (χ1) is 13.9. The number of hydrogen-bond donors (Lipinski definition) is 2. The molecule has 0 saturated carbocycles. The summed E-state index contributed by atoms with van der Waals surface area (Å²) in [6, 6.07) is 11.6. The zero-order valence-corrected chi connectivity index (χ0v) is 16.6. The number of benzene rings is 2. The molecule has 0 spiro atoms. The van der Waals surface area contributed by atoms with E-state index < -0.39 is 6.10 Å². The molecular weight excluding hydrogens is 371 g/mol. The van der Waals surface area contributed by atoms with Gasteiger partial charge in [-0.3, -0.25) is 9.69 Å². The SMILES string of the molecule is Cc1cc(F)cc(CN2CCC(N3CC[C@H](c4ccc(O)cc4)[C@@H](O)C3)C2=O)c1. The Labute approximate surface area is 170 Å². The summed E-state index contributed by atoms with van der Waals surface area (Å²) in [4.78, 5) is 16.8. The molecular formula is C23H27FN2O3. The lowest BCUT2D eigenvalue weighted by molar-refractivity contribution is -0.133. The van der Waals surface area contributed by atoms with E-state index in [2.05, 4.69) is 4.90 Å². The first-order valence-corrected chi connectivity index (χ1v) is 10.2. The molecule has 1 amide bonds. The zero-order valence-electron chi connectivity index (χ0n) is 16.6. The van der Waals surface area contributed by atoms with E-state index in [9.17, 15) is 19.4 Å². The number of hydrogen-bond acceptors (Lipinski definition) is 4. The highest BCUT2D eigenvalue weighted by molar-refractivity contribution is 5.84. The number of carbonyl (C=O) groups excluding carboxylic acids is 1. The summed E-state index contributed by atoms with van der Waals surface area (Å²) < 4.78 is 13.7. The summed E-state index contributed by atoms with van der Waals surface area (Å²) >= 11 is 0. The molecule has 3 atom stereocenters. The van der Waals surface area contributed by atoms with E-state index >= 15 is 0 Å². The van der Waals surface area contributed by atoms with Crippen LogP contribution in [0.3, 0.4) is 0 Å². The Morgan fingerprint density at radius 3 is 2.55 bits per heavy atom. The van der Waals surface area contributed by atoms with E-state index in [-0.39, 0.29) is 29.4 Å². The van der Waals surface area contributed by atoms with Gasteiger partial charge in [0.15, 0.2) is 0 Å². The molecule has 2 N–H and O–H groups in total. The summed E-state index contributed by atoms with van der Waals surface area (Å²) in [5.41, 5.74) is 2.67. The number of phenolic OH excluding ortho intramolecular Hbond substituents is 1. The molecule has 2 fully saturated rings. The molecule has 2 aliphatic heterocycles. The molecule has 0 aromatic heterocycles. The molecule has 5 nitrogen and oxygen atoms in total. The van der Waals surface area contributed by atoms with Crippen LogP contribution >= 0.6 is 0 Å². The molecule has 29 heavy (non-hydrogen) atoms. The summed E-state index contributed by atoms with van der Waals surface area (Å²) in [5, 5.41) is 20.2. The fourth-order valence-corrected chi connectivity index (χ4v) is 4.69. The fourth-order valence-electron chi connectivity index (χ4n) is 4.69. The molecule has 0 bridgehead atoms. The lowest BCUT2D eigenvalue weighted by atomic mass is 9.86. The van der Waals surface area contributed by atoms with Crippen LogP contribution in [0.15, 0.2) is 42.5 Å². The van der Waals surface area contributed by atoms with E-state index in [1.807, 2.05) is 25.1 Å². The van der Waals surface area contributed by atoms with Crippen molar-refractivity contribution >= 4 is 5.91 Å². The highest BCUT2D eigenvalue weighted by Gasteiger charge is 2.40. The quantitative estimate of drug-likeness (QED) is 0.831. The maximum atomic E-state index is 13.7. The third kappa shape index (κ3) is 4.28. The highest BCUT2D eigenvalue weighted by atomic mass is 19.1. The van der Waals surface area contributed by atoms with Crippen LogP contribution < -0.4 is 0 Å². The van der Waals surface area contributed by atoms with Gasteiger partial charge in [-0.15, -0.1) is 0 Å². The monoisotopic (exact) mass is 398 g/mol. The van der Waals surface area contributed by atoms with E-state index in [0.717, 1.165) is 36.1 Å². The molecule has 0 aliphatic carbocycles. The standard InChI is InChI=1S/C23H27FN2O3/c1-15-10-16(12-18(24)11-15)13-26-9-7-21(23(26)29)25-8-6-20(22(28)14-25)17-2-4-19(27)5-3-17/h2-5,10-12,20-22,27-28H,6-9,13-14H2,1H3/t20-,21?,22+/m1/s1. The minimum atomic E-state index is -0.555. The average molecular weight is 398 g/mol. The molecule has 2 aromatic carbocycles. The third-order valence-electron chi connectivity index (χ3n) is 6.12. The van der Waals surface area contributed by atoms with Gasteiger partial charge in [-0.25, -0.2) is 4.39 Å². The molecule has 2 aliphatic rings. The number of phenols is 1. The minimum absolute atomic E-state index is 0.00901. The van der Waals surface area contributed by atoms with Crippen LogP contribution in [0.2, 0.25) is 0 Å². The van der Waals surface area contributed by atoms with Crippen molar-refractivity contribution in [3.63, 3.8) is 0 Å². The predicted molar refractivity (Wildman–Crippen MR) is 108 cm³/mol. The number of β-amino-alcohol motifs (C(OH)–C–C–N with tert-alkyl or cyclic N) is 1. The van der Waals surface area contributed by atoms with Crippen molar-refractivity contribution in [2.45, 2.75) is 44.4 Å². The molecule has 2 saturated heterocycles. The number of aliphatic hydroxyl groups is 1. The number of rotatable bonds is 4. The number of carbonyl (C=O) groups is 1. The predicted octanol–water partition coefficient (Wildman–Crippen LogP) is 2.79. The first kappa shape index (κ1) is 19.9. The Kier molecular flexibility index (Phi) is 5.56. The number of piperidine rings is 1. The van der Waals surface area contributed by atoms with Gasteiger partial charge in [0, 0.05) is 25.6 Å². The zero-order chi connectivity index (χ0) is 20.5. The largest absolute Gasteiger partial charge is 0.508 e. The molecule has 4 rings (SSSR count). The Morgan fingerprint density at radius 1 is 1.10 bits per heavy atom. The van der Waals surface area contributed by atoms with Crippen molar-refractivity contribution < 1.29 is 19.4 Å². The lowest BCUT2D eigenvalue weighted by Crippen LogP contribution is -2.50. The maximum Gasteiger partial charge on any atom is 0.240 e. The number of amides is 1. The van der Waals surface area contributed by atoms with Gasteiger partial charge < -0.3 is 15.1 Å². The van der Waals surface area contributed by atoms with E-state index in [1.54, 1.807) is 17.0 Å². The highest BCUT2D eigenvalue weighted by Crippen LogP contribution is 2.32. The topological polar surface area (TPSA) is 64.0 Å². The third-order valence-corrected chi connectivity index (χ3v) is 6.12. The van der Waals surface area contributed by atoms with Crippen molar-refractivity contribution in [1.29, 1.82) is 0 Å². The Morgan fingerprint density at radius 2 is 1.86 bits per heavy atom. The van der Waals surface area contributed by atoms with Gasteiger partial charge in [-0.05, 0) is 67.3 Å². The second-order valence-corrected chi connectivity index (χ2v) is 8.25. The smallest absolute Gasteiger partial charge is 0.240 e. The number of likely N-dealkylation sites (tertiary alicyclic amines) is 2. The van der Waals surface area contributed by atoms with Gasteiger partial charge in [0.25, 0.3) is 0 Å². The summed E-state index contributed by atoms with van der Waals surface area (Å²) in [6.45, 7) is 4.11. The molecule has 1 unspecified atom stereocenters. The van der Waals surface area contributed by atoms with E-state index in [0.29, 0.717) is 19.6 Å². The second-order valence-electron chi connectivity index (χ2n) is 8.25. The second kappa shape index (κ2) is 8.13. The number of halogens is 1. The van der Waals surface area contributed by atoms with Crippen LogP contribution in [-0.4, -0.2) is 57.7 Å². The summed E-state index contributed by atoms with van der Waals surface area (Å²) in [6.07, 6.45) is 0.934. The van der Waals surface area contributed by atoms with Crippen LogP contribution in [0.1, 0.15) is 35.4 Å². The minimum Gasteiger partial charge on any atom is -0.508 e. The van der Waals surface area contributed by atoms with Gasteiger partial charge in [-0.2, -0.15) is 0 Å². The normalized spacial score (nSPS) is 25.6. The van der Waals surface area contributed by atoms with Crippen LogP contribution in [0, 0.1) is 12.7 Å². The van der Waals surface area contributed by atoms with Gasteiger partial charge in [0.1, 0.15) is 11.6 Å². The average Bonchev–Trinajstić information content (AvgIpc) is 3.02. The van der Waals surface area contributed by atoms with Crippen molar-refractivity contribution in [2.75, 3.05) is 19.6 Å². The molecule has 2 aromatic rings. The Balaban J connectivity index is 1.38.